The van der Waals surface area contributed by atoms with Crippen LogP contribution >= 0.6 is 0 Å². The minimum Gasteiger partial charge on any atom is -0.510 e. The number of primary amides is 1. The maximum absolute atomic E-state index is 13.9. The van der Waals surface area contributed by atoms with Crippen LogP contribution in [0.1, 0.15) is 62.9 Å². The largest absolute Gasteiger partial charge is 0.510 e. The number of Topliss-reactive ketones (excluding diaryl/α,β-unsaturated/α-hetero) is 2. The van der Waals surface area contributed by atoms with Gasteiger partial charge in [0.15, 0.2) is 11.4 Å². The Morgan fingerprint density at radius 2 is 1.68 bits per heavy atom. The first-order chi connectivity index (χ1) is 18.9. The Morgan fingerprint density at radius 1 is 1.07 bits per heavy atom. The first-order valence-electron chi connectivity index (χ1n) is 13.9. The summed E-state index contributed by atoms with van der Waals surface area (Å²) in [7, 11) is 3.20. The highest BCUT2D eigenvalue weighted by molar-refractivity contribution is 6.24. The summed E-state index contributed by atoms with van der Waals surface area (Å²) in [5.74, 6) is -6.53. The highest BCUT2D eigenvalue weighted by Gasteiger charge is 2.63. The monoisotopic (exact) mass is 568 g/mol. The molecule has 11 nitrogen and oxygen atoms in total. The minimum atomic E-state index is -2.65. The number of piperidine rings is 1. The van der Waals surface area contributed by atoms with Crippen molar-refractivity contribution < 1.29 is 34.8 Å². The number of nitrogens with two attached hydrogens (primary N) is 1. The number of allylic oxidation sites excluding steroid dienone is 1. The van der Waals surface area contributed by atoms with Gasteiger partial charge in [-0.25, -0.2) is 0 Å². The summed E-state index contributed by atoms with van der Waals surface area (Å²) in [4.78, 5) is 41.1. The SMILES string of the molecule is CN(C)[C@@H]1C(O)=C(C(N)=O)C(=O)[C@@]2(O)C(O)=C3C(=O)c4c(ccc(NC5CC(C)(C)NC(C)(C)C5)c4O)CC3C[C@@H]12. The van der Waals surface area contributed by atoms with Gasteiger partial charge in [0.25, 0.3) is 5.91 Å². The van der Waals surface area contributed by atoms with Gasteiger partial charge in [-0.05, 0) is 85.0 Å². The van der Waals surface area contributed by atoms with Gasteiger partial charge in [0.1, 0.15) is 22.8 Å². The standard InChI is InChI=1S/C30H40N4O7/c1-28(2)11-15(12-29(3,4)33-28)32-17-8-7-13-9-14-10-16-21(34(5)6)24(37)20(27(31)40)26(39)30(16,41)25(38)19(14)23(36)18(13)22(17)35/h7-8,14-16,21,32-33,35,37-38,41H,9-12H2,1-6H3,(H2,31,40)/t14?,16-,21-,30-/m0/s1. The molecule has 3 aliphatic carbocycles. The third-order valence-corrected chi connectivity index (χ3v) is 9.14. The highest BCUT2D eigenvalue weighted by Crippen LogP contribution is 2.52. The molecule has 5 rings (SSSR count). The predicted octanol–water partition coefficient (Wildman–Crippen LogP) is 1.84. The van der Waals surface area contributed by atoms with E-state index >= 15 is 0 Å². The van der Waals surface area contributed by atoms with Gasteiger partial charge >= 0.3 is 0 Å². The van der Waals surface area contributed by atoms with Gasteiger partial charge in [-0.15, -0.1) is 0 Å². The average molecular weight is 569 g/mol. The number of hydrogen-bond acceptors (Lipinski definition) is 10. The number of carbonyl (C=O) groups excluding carboxylic acids is 3. The first-order valence-corrected chi connectivity index (χ1v) is 13.9. The van der Waals surface area contributed by atoms with E-state index in [0.717, 1.165) is 12.8 Å². The number of anilines is 1. The van der Waals surface area contributed by atoms with E-state index in [9.17, 15) is 34.8 Å². The quantitative estimate of drug-likeness (QED) is 0.209. The van der Waals surface area contributed by atoms with Crippen LogP contribution in [0.2, 0.25) is 0 Å². The van der Waals surface area contributed by atoms with Gasteiger partial charge in [-0.2, -0.15) is 0 Å². The summed E-state index contributed by atoms with van der Waals surface area (Å²) in [5, 5.41) is 52.4. The Labute approximate surface area is 239 Å². The number of nitrogens with zero attached hydrogens (tertiary/aromatic N) is 1. The Hall–Kier alpha value is -3.41. The summed E-state index contributed by atoms with van der Waals surface area (Å²) in [5.41, 5.74) is 2.42. The molecule has 1 fully saturated rings. The molecule has 1 amide bonds. The third kappa shape index (κ3) is 4.41. The van der Waals surface area contributed by atoms with Gasteiger partial charge in [0.05, 0.1) is 17.3 Å². The Kier molecular flexibility index (Phi) is 6.60. The van der Waals surface area contributed by atoms with Crippen molar-refractivity contribution >= 4 is 23.2 Å². The number of nitrogens with one attached hydrogen (secondary N) is 2. The molecule has 1 aliphatic heterocycles. The van der Waals surface area contributed by atoms with E-state index in [2.05, 4.69) is 38.3 Å². The Bertz CT molecular complexity index is 1410. The lowest BCUT2D eigenvalue weighted by Gasteiger charge is -2.50. The maximum atomic E-state index is 13.9. The normalized spacial score (nSPS) is 31.1. The second kappa shape index (κ2) is 9.30. The molecule has 4 aliphatic rings. The number of aliphatic hydroxyl groups excluding tert-OH is 2. The van der Waals surface area contributed by atoms with Crippen LogP contribution in [0.3, 0.4) is 0 Å². The molecule has 1 heterocycles. The van der Waals surface area contributed by atoms with Crippen LogP contribution in [0, 0.1) is 11.8 Å². The zero-order valence-electron chi connectivity index (χ0n) is 24.3. The number of hydrogen-bond donors (Lipinski definition) is 7. The Morgan fingerprint density at radius 3 is 2.24 bits per heavy atom. The smallest absolute Gasteiger partial charge is 0.255 e. The lowest BCUT2D eigenvalue weighted by molar-refractivity contribution is -0.148. The van der Waals surface area contributed by atoms with Crippen molar-refractivity contribution in [2.45, 2.75) is 82.1 Å². The van der Waals surface area contributed by atoms with E-state index < -0.39 is 58.0 Å². The number of ketones is 2. The molecule has 0 bridgehead atoms. The van der Waals surface area contributed by atoms with Crippen molar-refractivity contribution in [3.8, 4) is 5.75 Å². The molecule has 8 N–H and O–H groups in total. The molecule has 1 unspecified atom stereocenters. The molecule has 1 aromatic carbocycles. The highest BCUT2D eigenvalue weighted by atomic mass is 16.3. The molecule has 0 radical (unpaired) electrons. The molecule has 41 heavy (non-hydrogen) atoms. The van der Waals surface area contributed by atoms with Crippen molar-refractivity contribution in [1.29, 1.82) is 0 Å². The van der Waals surface area contributed by atoms with E-state index in [1.165, 1.54) is 4.90 Å². The number of rotatable bonds is 4. The van der Waals surface area contributed by atoms with E-state index in [-0.39, 0.29) is 46.8 Å². The summed E-state index contributed by atoms with van der Waals surface area (Å²) in [6.07, 6.45) is 1.88. The molecule has 4 atom stereocenters. The molecule has 0 aromatic heterocycles. The molecule has 1 aromatic rings. The average Bonchev–Trinajstić information content (AvgIpc) is 2.80. The number of benzene rings is 1. The minimum absolute atomic E-state index is 0.00300. The summed E-state index contributed by atoms with van der Waals surface area (Å²) < 4.78 is 0. The van der Waals surface area contributed by atoms with E-state index in [1.807, 2.05) is 0 Å². The molecular formula is C30H40N4O7. The molecule has 0 spiro atoms. The fourth-order valence-electron chi connectivity index (χ4n) is 7.99. The summed E-state index contributed by atoms with van der Waals surface area (Å²) in [6.45, 7) is 8.45. The number of aromatic hydroxyl groups is 1. The fraction of sp³-hybridized carbons (Fsp3) is 0.567. The van der Waals surface area contributed by atoms with Crippen molar-refractivity contribution in [3.63, 3.8) is 0 Å². The van der Waals surface area contributed by atoms with Gasteiger partial charge in [-0.1, -0.05) is 6.07 Å². The van der Waals surface area contributed by atoms with Gasteiger partial charge < -0.3 is 36.8 Å². The van der Waals surface area contributed by atoms with Crippen LogP contribution in [0.5, 0.6) is 5.75 Å². The zero-order valence-corrected chi connectivity index (χ0v) is 24.3. The number of phenols is 1. The third-order valence-electron chi connectivity index (χ3n) is 9.14. The molecule has 1 saturated heterocycles. The van der Waals surface area contributed by atoms with E-state index in [0.29, 0.717) is 11.3 Å². The van der Waals surface area contributed by atoms with Crippen LogP contribution in [-0.2, 0) is 16.0 Å². The molecule has 222 valence electrons. The van der Waals surface area contributed by atoms with Gasteiger partial charge in [-0.3, -0.25) is 19.3 Å². The number of likely N-dealkylation sites (N-methyl/N-ethyl adjacent to an activating group) is 1. The van der Waals surface area contributed by atoms with Gasteiger partial charge in [0, 0.05) is 28.6 Å². The van der Waals surface area contributed by atoms with Crippen molar-refractivity contribution in [2.75, 3.05) is 19.4 Å². The second-order valence-corrected chi connectivity index (χ2v) is 13.6. The zero-order chi connectivity index (χ0) is 30.4. The predicted molar refractivity (Wildman–Crippen MR) is 152 cm³/mol. The molecular weight excluding hydrogens is 528 g/mol. The second-order valence-electron chi connectivity index (χ2n) is 13.6. The number of fused-ring (bicyclic) bond motifs is 3. The van der Waals surface area contributed by atoms with Crippen molar-refractivity contribution in [1.82, 2.24) is 10.2 Å². The number of aliphatic hydroxyl groups is 3. The van der Waals surface area contributed by atoms with Crippen LogP contribution in [0.25, 0.3) is 0 Å². The summed E-state index contributed by atoms with van der Waals surface area (Å²) >= 11 is 0. The van der Waals surface area contributed by atoms with Crippen molar-refractivity contribution in [2.24, 2.45) is 17.6 Å². The fourth-order valence-corrected chi connectivity index (χ4v) is 7.99. The van der Waals surface area contributed by atoms with Crippen LogP contribution < -0.4 is 16.4 Å². The van der Waals surface area contributed by atoms with Crippen LogP contribution in [0.4, 0.5) is 5.69 Å². The Balaban J connectivity index is 1.57. The molecule has 0 saturated carbocycles. The van der Waals surface area contributed by atoms with Crippen molar-refractivity contribution in [3.05, 3.63) is 45.9 Å². The number of carbonyl (C=O) groups is 3. The van der Waals surface area contributed by atoms with Gasteiger partial charge in [0.2, 0.25) is 5.78 Å². The van der Waals surface area contributed by atoms with E-state index in [4.69, 9.17) is 5.73 Å². The lowest BCUT2D eigenvalue weighted by Crippen LogP contribution is -2.63. The summed E-state index contributed by atoms with van der Waals surface area (Å²) in [6, 6.07) is 2.52. The number of amides is 1. The van der Waals surface area contributed by atoms with Crippen LogP contribution in [0.15, 0.2) is 34.8 Å². The lowest BCUT2D eigenvalue weighted by atomic mass is 9.58. The molecule has 11 heteroatoms. The maximum Gasteiger partial charge on any atom is 0.255 e. The first kappa shape index (κ1) is 29.1. The van der Waals surface area contributed by atoms with Crippen LogP contribution in [-0.4, -0.2) is 85.7 Å². The van der Waals surface area contributed by atoms with E-state index in [1.54, 1.807) is 26.2 Å². The topological polar surface area (TPSA) is 185 Å². The number of phenolic OH excluding ortho intramolecular Hbond substituents is 1.